The molecule has 0 aliphatic heterocycles. The minimum atomic E-state index is -0.450. The monoisotopic (exact) mass is 223 g/mol. The van der Waals surface area contributed by atoms with Gasteiger partial charge in [-0.15, -0.1) is 0 Å². The van der Waals surface area contributed by atoms with Gasteiger partial charge in [-0.3, -0.25) is 15.0 Å². The number of para-hydroxylation sites is 1. The Morgan fingerprint density at radius 2 is 2.12 bits per heavy atom. The van der Waals surface area contributed by atoms with Crippen molar-refractivity contribution < 1.29 is 4.92 Å². The van der Waals surface area contributed by atoms with Gasteiger partial charge in [0.25, 0.3) is 5.69 Å². The van der Waals surface area contributed by atoms with Crippen LogP contribution >= 0.6 is 0 Å². The number of nitro benzene ring substituents is 1. The van der Waals surface area contributed by atoms with Crippen LogP contribution in [0.5, 0.6) is 0 Å². The lowest BCUT2D eigenvalue weighted by molar-refractivity contribution is -0.384. The van der Waals surface area contributed by atoms with Crippen LogP contribution in [0.3, 0.4) is 0 Å². The molecule has 0 aliphatic carbocycles. The average molecular weight is 223 g/mol. The van der Waals surface area contributed by atoms with Crippen molar-refractivity contribution >= 4 is 11.4 Å². The second-order valence-corrected chi connectivity index (χ2v) is 4.12. The largest absolute Gasteiger partial charge is 0.393 e. The molecule has 0 saturated heterocycles. The normalized spacial score (nSPS) is 11.1. The van der Waals surface area contributed by atoms with Crippen molar-refractivity contribution in [2.75, 3.05) is 12.8 Å². The summed E-state index contributed by atoms with van der Waals surface area (Å²) in [6, 6.07) is 5.28. The predicted octanol–water partition coefficient (Wildman–Crippen LogP) is 2.02. The number of rotatable bonds is 4. The van der Waals surface area contributed by atoms with Crippen LogP contribution in [0, 0.1) is 10.1 Å². The van der Waals surface area contributed by atoms with Crippen molar-refractivity contribution in [1.82, 2.24) is 4.90 Å². The van der Waals surface area contributed by atoms with Crippen LogP contribution in [0.4, 0.5) is 11.4 Å². The van der Waals surface area contributed by atoms with Gasteiger partial charge in [-0.2, -0.15) is 0 Å². The van der Waals surface area contributed by atoms with Crippen LogP contribution in [0.1, 0.15) is 19.4 Å². The Kier molecular flexibility index (Phi) is 3.84. The summed E-state index contributed by atoms with van der Waals surface area (Å²) >= 11 is 0. The minimum absolute atomic E-state index is 0.0188. The number of nitro groups is 1. The Morgan fingerprint density at radius 3 is 2.62 bits per heavy atom. The van der Waals surface area contributed by atoms with E-state index in [1.54, 1.807) is 6.07 Å². The average Bonchev–Trinajstić information content (AvgIpc) is 2.20. The molecule has 0 fully saturated rings. The molecule has 1 aromatic carbocycles. The zero-order valence-electron chi connectivity index (χ0n) is 9.80. The number of anilines is 1. The Hall–Kier alpha value is -1.62. The molecule has 0 atom stereocenters. The van der Waals surface area contributed by atoms with E-state index in [1.807, 2.05) is 13.1 Å². The molecule has 0 saturated carbocycles. The first-order chi connectivity index (χ1) is 7.43. The summed E-state index contributed by atoms with van der Waals surface area (Å²) in [5, 5.41) is 10.7. The number of hydrogen-bond acceptors (Lipinski definition) is 4. The van der Waals surface area contributed by atoms with Crippen LogP contribution in [0.15, 0.2) is 18.2 Å². The van der Waals surface area contributed by atoms with Gasteiger partial charge >= 0.3 is 0 Å². The van der Waals surface area contributed by atoms with Crippen LogP contribution in [-0.4, -0.2) is 22.9 Å². The maximum absolute atomic E-state index is 10.7. The summed E-state index contributed by atoms with van der Waals surface area (Å²) in [6.45, 7) is 4.74. The van der Waals surface area contributed by atoms with E-state index >= 15 is 0 Å². The summed E-state index contributed by atoms with van der Waals surface area (Å²) in [5.74, 6) is 0. The van der Waals surface area contributed by atoms with Crippen molar-refractivity contribution in [2.45, 2.75) is 26.4 Å². The van der Waals surface area contributed by atoms with Gasteiger partial charge in [-0.05, 0) is 26.5 Å². The molecule has 1 aromatic rings. The number of nitrogens with zero attached hydrogens (tertiary/aromatic N) is 2. The van der Waals surface area contributed by atoms with Gasteiger partial charge in [0.2, 0.25) is 0 Å². The summed E-state index contributed by atoms with van der Waals surface area (Å²) in [7, 11) is 1.96. The third-order valence-corrected chi connectivity index (χ3v) is 2.67. The summed E-state index contributed by atoms with van der Waals surface area (Å²) < 4.78 is 0. The lowest BCUT2D eigenvalue weighted by Crippen LogP contribution is -2.26. The summed E-state index contributed by atoms with van der Waals surface area (Å²) in [6.07, 6.45) is 0. The number of nitrogens with two attached hydrogens (primary N) is 1. The van der Waals surface area contributed by atoms with E-state index in [2.05, 4.69) is 18.7 Å². The molecule has 0 bridgehead atoms. The fourth-order valence-electron chi connectivity index (χ4n) is 1.35. The highest BCUT2D eigenvalue weighted by molar-refractivity contribution is 5.62. The lowest BCUT2D eigenvalue weighted by atomic mass is 10.1. The zero-order chi connectivity index (χ0) is 12.3. The van der Waals surface area contributed by atoms with Crippen LogP contribution in [-0.2, 0) is 6.54 Å². The molecule has 0 heterocycles. The second-order valence-electron chi connectivity index (χ2n) is 4.12. The first-order valence-electron chi connectivity index (χ1n) is 5.15. The van der Waals surface area contributed by atoms with E-state index in [-0.39, 0.29) is 11.4 Å². The standard InChI is InChI=1S/C11H17N3O2/c1-8(2)13(3)7-9-5-4-6-10(11(9)12)14(15)16/h4-6,8H,7,12H2,1-3H3. The number of benzene rings is 1. The van der Waals surface area contributed by atoms with Crippen LogP contribution < -0.4 is 5.73 Å². The fraction of sp³-hybridized carbons (Fsp3) is 0.455. The van der Waals surface area contributed by atoms with Gasteiger partial charge in [-0.1, -0.05) is 12.1 Å². The molecule has 0 radical (unpaired) electrons. The molecule has 0 unspecified atom stereocenters. The van der Waals surface area contributed by atoms with Gasteiger partial charge in [0, 0.05) is 18.7 Å². The van der Waals surface area contributed by atoms with Crippen molar-refractivity contribution in [3.05, 3.63) is 33.9 Å². The van der Waals surface area contributed by atoms with Gasteiger partial charge < -0.3 is 5.73 Å². The quantitative estimate of drug-likeness (QED) is 0.481. The van der Waals surface area contributed by atoms with Gasteiger partial charge in [0.1, 0.15) is 5.69 Å². The molecule has 16 heavy (non-hydrogen) atoms. The highest BCUT2D eigenvalue weighted by atomic mass is 16.6. The van der Waals surface area contributed by atoms with E-state index in [1.165, 1.54) is 6.07 Å². The third-order valence-electron chi connectivity index (χ3n) is 2.67. The minimum Gasteiger partial charge on any atom is -0.393 e. The summed E-state index contributed by atoms with van der Waals surface area (Å²) in [5.41, 5.74) is 6.81. The fourth-order valence-corrected chi connectivity index (χ4v) is 1.35. The lowest BCUT2D eigenvalue weighted by Gasteiger charge is -2.21. The molecule has 1 rings (SSSR count). The van der Waals surface area contributed by atoms with Crippen molar-refractivity contribution in [3.63, 3.8) is 0 Å². The molecule has 0 aliphatic rings. The van der Waals surface area contributed by atoms with E-state index in [0.717, 1.165) is 5.56 Å². The predicted molar refractivity (Wildman–Crippen MR) is 64.1 cm³/mol. The molecule has 2 N–H and O–H groups in total. The topological polar surface area (TPSA) is 72.4 Å². The molecule has 88 valence electrons. The highest BCUT2D eigenvalue weighted by Crippen LogP contribution is 2.25. The van der Waals surface area contributed by atoms with Gasteiger partial charge in [-0.25, -0.2) is 0 Å². The Labute approximate surface area is 95.0 Å². The zero-order valence-corrected chi connectivity index (χ0v) is 9.80. The number of nitrogen functional groups attached to an aromatic ring is 1. The Balaban J connectivity index is 2.98. The second kappa shape index (κ2) is 4.94. The SMILES string of the molecule is CC(C)N(C)Cc1cccc([N+](=O)[O-])c1N. The first kappa shape index (κ1) is 12.4. The van der Waals surface area contributed by atoms with Crippen molar-refractivity contribution in [2.24, 2.45) is 0 Å². The number of hydrogen-bond donors (Lipinski definition) is 1. The van der Waals surface area contributed by atoms with E-state index < -0.39 is 4.92 Å². The Bertz CT molecular complexity index is 391. The smallest absolute Gasteiger partial charge is 0.292 e. The highest BCUT2D eigenvalue weighted by Gasteiger charge is 2.15. The molecular weight excluding hydrogens is 206 g/mol. The maximum Gasteiger partial charge on any atom is 0.292 e. The summed E-state index contributed by atoms with van der Waals surface area (Å²) in [4.78, 5) is 12.3. The first-order valence-corrected chi connectivity index (χ1v) is 5.15. The van der Waals surface area contributed by atoms with Gasteiger partial charge in [0.05, 0.1) is 4.92 Å². The van der Waals surface area contributed by atoms with Crippen LogP contribution in [0.2, 0.25) is 0 Å². The van der Waals surface area contributed by atoms with Crippen LogP contribution in [0.25, 0.3) is 0 Å². The molecule has 0 spiro atoms. The van der Waals surface area contributed by atoms with E-state index in [4.69, 9.17) is 5.73 Å². The van der Waals surface area contributed by atoms with Crippen molar-refractivity contribution in [3.8, 4) is 0 Å². The van der Waals surface area contributed by atoms with Gasteiger partial charge in [0.15, 0.2) is 0 Å². The maximum atomic E-state index is 10.7. The molecule has 5 nitrogen and oxygen atoms in total. The van der Waals surface area contributed by atoms with Crippen molar-refractivity contribution in [1.29, 1.82) is 0 Å². The van der Waals surface area contributed by atoms with E-state index in [9.17, 15) is 10.1 Å². The molecule has 0 aromatic heterocycles. The molecule has 0 amide bonds. The Morgan fingerprint density at radius 1 is 1.50 bits per heavy atom. The van der Waals surface area contributed by atoms with E-state index in [0.29, 0.717) is 12.6 Å². The molecular formula is C11H17N3O2. The molecule has 5 heteroatoms. The third kappa shape index (κ3) is 2.70.